The third-order valence-corrected chi connectivity index (χ3v) is 4.57. The summed E-state index contributed by atoms with van der Waals surface area (Å²) < 4.78 is 5.87. The van der Waals surface area contributed by atoms with E-state index in [1.807, 2.05) is 38.1 Å². The molecule has 116 valence electrons. The van der Waals surface area contributed by atoms with Crippen molar-refractivity contribution >= 4 is 5.91 Å². The highest BCUT2D eigenvalue weighted by atomic mass is 16.5. The number of nitrogens with one attached hydrogen (secondary N) is 1. The number of carbonyl (C=O) groups is 1. The van der Waals surface area contributed by atoms with E-state index < -0.39 is 5.54 Å². The summed E-state index contributed by atoms with van der Waals surface area (Å²) in [5, 5.41) is 3.34. The van der Waals surface area contributed by atoms with Gasteiger partial charge in [0.1, 0.15) is 11.3 Å². The molecule has 1 aromatic rings. The Labute approximate surface area is 127 Å². The van der Waals surface area contributed by atoms with Crippen LogP contribution in [0.1, 0.15) is 38.2 Å². The Hall–Kier alpha value is -1.55. The molecular formula is C17H26N2O2. The van der Waals surface area contributed by atoms with Gasteiger partial charge < -0.3 is 15.8 Å². The Morgan fingerprint density at radius 1 is 1.48 bits per heavy atom. The third-order valence-electron chi connectivity index (χ3n) is 4.57. The Morgan fingerprint density at radius 3 is 2.90 bits per heavy atom. The number of carbonyl (C=O) groups excluding carboxylic acids is 1. The third kappa shape index (κ3) is 3.38. The van der Waals surface area contributed by atoms with Gasteiger partial charge in [-0.25, -0.2) is 0 Å². The molecule has 21 heavy (non-hydrogen) atoms. The first-order chi connectivity index (χ1) is 10.1. The highest BCUT2D eigenvalue weighted by Crippen LogP contribution is 2.38. The minimum absolute atomic E-state index is 0.220. The summed E-state index contributed by atoms with van der Waals surface area (Å²) in [6.07, 6.45) is 3.77. The molecule has 0 heterocycles. The van der Waals surface area contributed by atoms with Crippen LogP contribution in [0.2, 0.25) is 0 Å². The van der Waals surface area contributed by atoms with E-state index in [1.165, 1.54) is 0 Å². The highest BCUT2D eigenvalue weighted by molar-refractivity contribution is 5.85. The Bertz CT molecular complexity index is 489. The summed E-state index contributed by atoms with van der Waals surface area (Å²) in [5.74, 6) is 0.963. The summed E-state index contributed by atoms with van der Waals surface area (Å²) in [4.78, 5) is 11.9. The van der Waals surface area contributed by atoms with Gasteiger partial charge in [-0.3, -0.25) is 4.79 Å². The number of amides is 1. The van der Waals surface area contributed by atoms with Gasteiger partial charge in [-0.15, -0.1) is 0 Å². The van der Waals surface area contributed by atoms with Crippen LogP contribution in [0, 0.1) is 12.8 Å². The second-order valence-electron chi connectivity index (χ2n) is 5.86. The summed E-state index contributed by atoms with van der Waals surface area (Å²) in [6.45, 7) is 5.44. The minimum Gasteiger partial charge on any atom is -0.493 e. The van der Waals surface area contributed by atoms with Crippen molar-refractivity contribution in [3.8, 4) is 5.75 Å². The van der Waals surface area contributed by atoms with E-state index in [0.717, 1.165) is 43.5 Å². The second-order valence-corrected chi connectivity index (χ2v) is 5.86. The maximum Gasteiger partial charge on any atom is 0.238 e. The van der Waals surface area contributed by atoms with Crippen LogP contribution in [0.5, 0.6) is 5.75 Å². The Kier molecular flexibility index (Phi) is 5.23. The zero-order chi connectivity index (χ0) is 15.3. The fourth-order valence-corrected chi connectivity index (χ4v) is 3.46. The monoisotopic (exact) mass is 290 g/mol. The maximum atomic E-state index is 11.9. The molecule has 4 heteroatoms. The van der Waals surface area contributed by atoms with Crippen LogP contribution >= 0.6 is 0 Å². The van der Waals surface area contributed by atoms with Crippen molar-refractivity contribution in [1.82, 2.24) is 5.32 Å². The molecule has 4 nitrogen and oxygen atoms in total. The normalized spacial score (nSPS) is 25.0. The number of benzene rings is 1. The lowest BCUT2D eigenvalue weighted by molar-refractivity contribution is -0.126. The molecule has 2 atom stereocenters. The Balaban J connectivity index is 1.95. The van der Waals surface area contributed by atoms with Crippen molar-refractivity contribution in [3.63, 3.8) is 0 Å². The fraction of sp³-hybridized carbons (Fsp3) is 0.588. The topological polar surface area (TPSA) is 64.3 Å². The molecule has 1 aliphatic rings. The van der Waals surface area contributed by atoms with Gasteiger partial charge in [0.25, 0.3) is 0 Å². The number of nitrogens with two attached hydrogens (primary N) is 1. The molecule has 2 unspecified atom stereocenters. The van der Waals surface area contributed by atoms with Crippen molar-refractivity contribution in [2.45, 2.75) is 45.1 Å². The molecule has 1 aliphatic carbocycles. The van der Waals surface area contributed by atoms with Gasteiger partial charge >= 0.3 is 0 Å². The van der Waals surface area contributed by atoms with E-state index in [1.54, 1.807) is 0 Å². The van der Waals surface area contributed by atoms with E-state index in [4.69, 9.17) is 10.5 Å². The number of para-hydroxylation sites is 1. The average molecular weight is 290 g/mol. The van der Waals surface area contributed by atoms with Gasteiger partial charge in [0.2, 0.25) is 5.91 Å². The number of primary amides is 1. The van der Waals surface area contributed by atoms with Crippen LogP contribution in [0.25, 0.3) is 0 Å². The van der Waals surface area contributed by atoms with Gasteiger partial charge in [-0.1, -0.05) is 31.5 Å². The summed E-state index contributed by atoms with van der Waals surface area (Å²) in [5.41, 5.74) is 6.27. The van der Waals surface area contributed by atoms with Crippen molar-refractivity contribution in [2.75, 3.05) is 13.2 Å². The molecule has 0 spiro atoms. The molecule has 0 saturated heterocycles. The van der Waals surface area contributed by atoms with Gasteiger partial charge in [0.15, 0.2) is 0 Å². The quantitative estimate of drug-likeness (QED) is 0.810. The molecule has 1 amide bonds. The number of ether oxygens (including phenoxy) is 1. The first-order valence-electron chi connectivity index (χ1n) is 7.83. The average Bonchev–Trinajstić information content (AvgIpc) is 2.86. The summed E-state index contributed by atoms with van der Waals surface area (Å²) in [6, 6.07) is 8.00. The molecule has 0 aromatic heterocycles. The number of aryl methyl sites for hydroxylation is 1. The molecule has 0 aliphatic heterocycles. The zero-order valence-electron chi connectivity index (χ0n) is 13.0. The van der Waals surface area contributed by atoms with Crippen LogP contribution in [0.3, 0.4) is 0 Å². The van der Waals surface area contributed by atoms with E-state index >= 15 is 0 Å². The van der Waals surface area contributed by atoms with E-state index in [9.17, 15) is 4.79 Å². The molecule has 1 fully saturated rings. The van der Waals surface area contributed by atoms with E-state index in [0.29, 0.717) is 6.61 Å². The number of likely N-dealkylation sites (N-methyl/N-ethyl adjacent to an activating group) is 1. The molecule has 2 rings (SSSR count). The van der Waals surface area contributed by atoms with Gasteiger partial charge in [0.05, 0.1) is 6.61 Å². The van der Waals surface area contributed by atoms with Crippen molar-refractivity contribution in [2.24, 2.45) is 11.7 Å². The summed E-state index contributed by atoms with van der Waals surface area (Å²) in [7, 11) is 0. The van der Waals surface area contributed by atoms with Crippen molar-refractivity contribution in [1.29, 1.82) is 0 Å². The molecule has 1 saturated carbocycles. The largest absolute Gasteiger partial charge is 0.493 e. The van der Waals surface area contributed by atoms with Crippen LogP contribution < -0.4 is 15.8 Å². The first-order valence-corrected chi connectivity index (χ1v) is 7.83. The predicted octanol–water partition coefficient (Wildman–Crippen LogP) is 2.40. The zero-order valence-corrected chi connectivity index (χ0v) is 13.0. The lowest BCUT2D eigenvalue weighted by atomic mass is 9.84. The number of hydrogen-bond donors (Lipinski definition) is 2. The van der Waals surface area contributed by atoms with Crippen LogP contribution in [-0.2, 0) is 4.79 Å². The standard InChI is InChI=1S/C17H26N2O2/c1-3-19-17(16(18)20)11-6-8-14(17)10-12-21-15-9-5-4-7-13(15)2/h4-5,7,9,14,19H,3,6,8,10-12H2,1-2H3,(H2,18,20). The molecule has 3 N–H and O–H groups in total. The molecule has 1 aromatic carbocycles. The molecule has 0 radical (unpaired) electrons. The van der Waals surface area contributed by atoms with Crippen LogP contribution in [0.15, 0.2) is 24.3 Å². The molecular weight excluding hydrogens is 264 g/mol. The predicted molar refractivity (Wildman–Crippen MR) is 84.2 cm³/mol. The summed E-state index contributed by atoms with van der Waals surface area (Å²) >= 11 is 0. The fourth-order valence-electron chi connectivity index (χ4n) is 3.46. The smallest absolute Gasteiger partial charge is 0.238 e. The van der Waals surface area contributed by atoms with Crippen molar-refractivity contribution < 1.29 is 9.53 Å². The SMILES string of the molecule is CCNC1(C(N)=O)CCCC1CCOc1ccccc1C. The number of hydrogen-bond acceptors (Lipinski definition) is 3. The molecule has 0 bridgehead atoms. The van der Waals surface area contributed by atoms with E-state index in [2.05, 4.69) is 5.32 Å². The van der Waals surface area contributed by atoms with Crippen LogP contribution in [-0.4, -0.2) is 24.6 Å². The maximum absolute atomic E-state index is 11.9. The first kappa shape index (κ1) is 15.8. The van der Waals surface area contributed by atoms with Gasteiger partial charge in [-0.05, 0) is 50.3 Å². The minimum atomic E-state index is -0.538. The lowest BCUT2D eigenvalue weighted by Crippen LogP contribution is -2.58. The highest BCUT2D eigenvalue weighted by Gasteiger charge is 2.46. The lowest BCUT2D eigenvalue weighted by Gasteiger charge is -2.33. The van der Waals surface area contributed by atoms with Crippen LogP contribution in [0.4, 0.5) is 0 Å². The van der Waals surface area contributed by atoms with E-state index in [-0.39, 0.29) is 11.8 Å². The Morgan fingerprint density at radius 2 is 2.24 bits per heavy atom. The second kappa shape index (κ2) is 6.94. The van der Waals surface area contributed by atoms with Gasteiger partial charge in [0, 0.05) is 0 Å². The van der Waals surface area contributed by atoms with Gasteiger partial charge in [-0.2, -0.15) is 0 Å². The van der Waals surface area contributed by atoms with Crippen molar-refractivity contribution in [3.05, 3.63) is 29.8 Å². The number of rotatable bonds is 7.